The number of aromatic nitrogens is 2. The lowest BCUT2D eigenvalue weighted by Crippen LogP contribution is -2.37. The van der Waals surface area contributed by atoms with Crippen LogP contribution in [0.25, 0.3) is 11.3 Å². The Balaban J connectivity index is 2.51. The lowest BCUT2D eigenvalue weighted by molar-refractivity contribution is 0.0915. The van der Waals surface area contributed by atoms with Crippen LogP contribution in [0, 0.1) is 0 Å². The Hall–Kier alpha value is -1.85. The summed E-state index contributed by atoms with van der Waals surface area (Å²) in [5.41, 5.74) is 1.44. The van der Waals surface area contributed by atoms with Gasteiger partial charge in [0.1, 0.15) is 5.69 Å². The quantitative estimate of drug-likeness (QED) is 0.868. The monoisotopic (exact) mass is 349 g/mol. The first kappa shape index (κ1) is 18.5. The first-order chi connectivity index (χ1) is 11.3. The molecule has 1 aromatic carbocycles. The number of benzene rings is 1. The molecule has 0 saturated carbocycles. The maximum absolute atomic E-state index is 12.7. The van der Waals surface area contributed by atoms with Crippen LogP contribution in [-0.2, 0) is 5.54 Å². The second-order valence-corrected chi connectivity index (χ2v) is 7.16. The molecule has 0 aliphatic rings. The molecule has 0 bridgehead atoms. The van der Waals surface area contributed by atoms with Crippen LogP contribution >= 0.6 is 11.6 Å². The lowest BCUT2D eigenvalue weighted by atomic mass is 10.1. The third-order valence-corrected chi connectivity index (χ3v) is 4.15. The summed E-state index contributed by atoms with van der Waals surface area (Å²) in [4.78, 5) is 12.7. The van der Waals surface area contributed by atoms with Gasteiger partial charge in [-0.05, 0) is 33.3 Å². The number of halogens is 1. The van der Waals surface area contributed by atoms with Gasteiger partial charge in [0.25, 0.3) is 5.91 Å². The van der Waals surface area contributed by atoms with Gasteiger partial charge in [0.15, 0.2) is 0 Å². The highest BCUT2D eigenvalue weighted by atomic mass is 35.5. The third-order valence-electron chi connectivity index (χ3n) is 3.82. The van der Waals surface area contributed by atoms with Crippen LogP contribution in [0.1, 0.15) is 44.5 Å². The Bertz CT molecular complexity index is 715. The van der Waals surface area contributed by atoms with Gasteiger partial charge in [0.2, 0.25) is 0 Å². The summed E-state index contributed by atoms with van der Waals surface area (Å²) in [6.07, 6.45) is 2.38. The first-order valence-corrected chi connectivity index (χ1v) is 8.42. The van der Waals surface area contributed by atoms with Gasteiger partial charge in [-0.15, -0.1) is 0 Å². The van der Waals surface area contributed by atoms with E-state index in [4.69, 9.17) is 11.6 Å². The van der Waals surface area contributed by atoms with Gasteiger partial charge in [-0.2, -0.15) is 5.10 Å². The SMILES string of the molecule is CCC(CO)NC(=O)c1cn(C(C)(C)C)nc1-c1ccccc1Cl. The molecule has 6 heteroatoms. The number of aliphatic hydroxyl groups excluding tert-OH is 1. The zero-order valence-electron chi connectivity index (χ0n) is 14.5. The van der Waals surface area contributed by atoms with Crippen molar-refractivity contribution >= 4 is 17.5 Å². The van der Waals surface area contributed by atoms with Crippen molar-refractivity contribution < 1.29 is 9.90 Å². The fourth-order valence-corrected chi connectivity index (χ4v) is 2.50. The molecule has 2 rings (SSSR count). The molecule has 5 nitrogen and oxygen atoms in total. The van der Waals surface area contributed by atoms with Crippen molar-refractivity contribution in [1.29, 1.82) is 0 Å². The van der Waals surface area contributed by atoms with Crippen LogP contribution in [0.4, 0.5) is 0 Å². The van der Waals surface area contributed by atoms with Crippen molar-refractivity contribution in [3.05, 3.63) is 41.0 Å². The number of nitrogens with zero attached hydrogens (tertiary/aromatic N) is 2. The molecular weight excluding hydrogens is 326 g/mol. The Kier molecular flexibility index (Phi) is 5.67. The van der Waals surface area contributed by atoms with E-state index >= 15 is 0 Å². The number of carbonyl (C=O) groups excluding carboxylic acids is 1. The molecule has 0 radical (unpaired) electrons. The number of hydrogen-bond acceptors (Lipinski definition) is 3. The van der Waals surface area contributed by atoms with Crippen LogP contribution in [-0.4, -0.2) is 33.4 Å². The van der Waals surface area contributed by atoms with E-state index in [1.54, 1.807) is 16.9 Å². The largest absolute Gasteiger partial charge is 0.394 e. The van der Waals surface area contributed by atoms with Gasteiger partial charge in [-0.3, -0.25) is 9.48 Å². The van der Waals surface area contributed by atoms with E-state index in [0.29, 0.717) is 28.3 Å². The lowest BCUT2D eigenvalue weighted by Gasteiger charge is -2.18. The highest BCUT2D eigenvalue weighted by Gasteiger charge is 2.24. The van der Waals surface area contributed by atoms with Gasteiger partial charge >= 0.3 is 0 Å². The number of hydrogen-bond donors (Lipinski definition) is 2. The topological polar surface area (TPSA) is 67.2 Å². The summed E-state index contributed by atoms with van der Waals surface area (Å²) in [5, 5.41) is 17.3. The molecule has 1 atom stereocenters. The molecule has 2 aromatic rings. The first-order valence-electron chi connectivity index (χ1n) is 8.04. The molecule has 1 unspecified atom stereocenters. The van der Waals surface area contributed by atoms with Crippen molar-refractivity contribution in [2.45, 2.75) is 45.7 Å². The van der Waals surface area contributed by atoms with Gasteiger partial charge in [0, 0.05) is 11.8 Å². The number of carbonyl (C=O) groups is 1. The second kappa shape index (κ2) is 7.36. The van der Waals surface area contributed by atoms with Crippen LogP contribution in [0.3, 0.4) is 0 Å². The number of amides is 1. The molecule has 1 amide bonds. The Morgan fingerprint density at radius 3 is 2.58 bits per heavy atom. The van der Waals surface area contributed by atoms with E-state index in [2.05, 4.69) is 10.4 Å². The minimum absolute atomic E-state index is 0.100. The van der Waals surface area contributed by atoms with Crippen molar-refractivity contribution in [3.63, 3.8) is 0 Å². The molecule has 0 saturated heterocycles. The van der Waals surface area contributed by atoms with E-state index < -0.39 is 0 Å². The van der Waals surface area contributed by atoms with Gasteiger partial charge in [-0.1, -0.05) is 36.7 Å². The molecule has 2 N–H and O–H groups in total. The Labute approximate surface area is 147 Å². The maximum atomic E-state index is 12.7. The fraction of sp³-hybridized carbons (Fsp3) is 0.444. The summed E-state index contributed by atoms with van der Waals surface area (Å²) in [7, 11) is 0. The fourth-order valence-electron chi connectivity index (χ4n) is 2.28. The van der Waals surface area contributed by atoms with Crippen LogP contribution in [0.15, 0.2) is 30.5 Å². The van der Waals surface area contributed by atoms with Crippen molar-refractivity contribution in [3.8, 4) is 11.3 Å². The zero-order valence-corrected chi connectivity index (χ0v) is 15.3. The second-order valence-electron chi connectivity index (χ2n) is 6.75. The summed E-state index contributed by atoms with van der Waals surface area (Å²) in [6, 6.07) is 7.04. The van der Waals surface area contributed by atoms with Crippen LogP contribution in [0.5, 0.6) is 0 Å². The summed E-state index contributed by atoms with van der Waals surface area (Å²) < 4.78 is 1.76. The summed E-state index contributed by atoms with van der Waals surface area (Å²) >= 11 is 6.30. The molecule has 24 heavy (non-hydrogen) atoms. The summed E-state index contributed by atoms with van der Waals surface area (Å²) in [5.74, 6) is -0.263. The van der Waals surface area contributed by atoms with E-state index in [1.165, 1.54) is 0 Å². The Morgan fingerprint density at radius 1 is 1.38 bits per heavy atom. The average molecular weight is 350 g/mol. The van der Waals surface area contributed by atoms with Crippen LogP contribution in [0.2, 0.25) is 5.02 Å². The normalized spacial score (nSPS) is 12.9. The third kappa shape index (κ3) is 3.97. The smallest absolute Gasteiger partial charge is 0.255 e. The molecule has 1 heterocycles. The molecule has 0 aliphatic carbocycles. The standard InChI is InChI=1S/C18H24ClN3O2/c1-5-12(11-23)20-17(24)14-10-22(18(2,3)4)21-16(14)13-8-6-7-9-15(13)19/h6-10,12,23H,5,11H2,1-4H3,(H,20,24). The molecule has 1 aromatic heterocycles. The van der Waals surface area contributed by atoms with Crippen molar-refractivity contribution in [2.24, 2.45) is 0 Å². The molecular formula is C18H24ClN3O2. The minimum atomic E-state index is -0.283. The van der Waals surface area contributed by atoms with Crippen molar-refractivity contribution in [1.82, 2.24) is 15.1 Å². The zero-order chi connectivity index (χ0) is 17.9. The summed E-state index contributed by atoms with van der Waals surface area (Å²) in [6.45, 7) is 7.85. The average Bonchev–Trinajstić information content (AvgIpc) is 2.98. The predicted octanol–water partition coefficient (Wildman–Crippen LogP) is 3.46. The Morgan fingerprint density at radius 2 is 2.04 bits per heavy atom. The minimum Gasteiger partial charge on any atom is -0.394 e. The number of rotatable bonds is 5. The predicted molar refractivity (Wildman–Crippen MR) is 96.3 cm³/mol. The number of aliphatic hydroxyl groups is 1. The van der Waals surface area contributed by atoms with Gasteiger partial charge in [-0.25, -0.2) is 0 Å². The molecule has 130 valence electrons. The van der Waals surface area contributed by atoms with Gasteiger partial charge < -0.3 is 10.4 Å². The van der Waals surface area contributed by atoms with E-state index in [9.17, 15) is 9.90 Å². The molecule has 0 spiro atoms. The molecule has 0 fully saturated rings. The highest BCUT2D eigenvalue weighted by molar-refractivity contribution is 6.33. The van der Waals surface area contributed by atoms with E-state index in [-0.39, 0.29) is 24.1 Å². The van der Waals surface area contributed by atoms with Crippen LogP contribution < -0.4 is 5.32 Å². The van der Waals surface area contributed by atoms with Gasteiger partial charge in [0.05, 0.1) is 28.8 Å². The molecule has 0 aliphatic heterocycles. The maximum Gasteiger partial charge on any atom is 0.255 e. The highest BCUT2D eigenvalue weighted by Crippen LogP contribution is 2.30. The van der Waals surface area contributed by atoms with Crippen molar-refractivity contribution in [2.75, 3.05) is 6.61 Å². The number of nitrogens with one attached hydrogen (secondary N) is 1. The van der Waals surface area contributed by atoms with E-state index in [0.717, 1.165) is 0 Å². The van der Waals surface area contributed by atoms with E-state index in [1.807, 2.05) is 45.9 Å².